The predicted molar refractivity (Wildman–Crippen MR) is 118 cm³/mol. The zero-order chi connectivity index (χ0) is 20.9. The largest absolute Gasteiger partial charge is 0.326 e. The second-order valence-corrected chi connectivity index (χ2v) is 7.67. The number of anilines is 1. The van der Waals surface area contributed by atoms with Crippen LogP contribution >= 0.6 is 0 Å². The van der Waals surface area contributed by atoms with Gasteiger partial charge < -0.3 is 15.1 Å². The lowest BCUT2D eigenvalue weighted by Crippen LogP contribution is -3.15. The molecule has 2 heterocycles. The Balaban J connectivity index is 1.32. The fourth-order valence-electron chi connectivity index (χ4n) is 3.92. The molecule has 2 N–H and O–H groups in total. The van der Waals surface area contributed by atoms with Crippen LogP contribution in [0.25, 0.3) is 10.9 Å². The Morgan fingerprint density at radius 1 is 1.00 bits per heavy atom. The van der Waals surface area contributed by atoms with Crippen LogP contribution in [0.1, 0.15) is 23.0 Å². The molecule has 1 fully saturated rings. The Labute approximate surface area is 176 Å². The zero-order valence-electron chi connectivity index (χ0n) is 17.2. The van der Waals surface area contributed by atoms with Crippen LogP contribution in [0.15, 0.2) is 60.7 Å². The molecule has 0 spiro atoms. The lowest BCUT2D eigenvalue weighted by Gasteiger charge is -2.31. The maximum atomic E-state index is 12.9. The van der Waals surface area contributed by atoms with Crippen LogP contribution in [0.3, 0.4) is 0 Å². The van der Waals surface area contributed by atoms with Crippen molar-refractivity contribution in [2.75, 3.05) is 38.0 Å². The van der Waals surface area contributed by atoms with Gasteiger partial charge in [-0.25, -0.2) is 4.98 Å². The van der Waals surface area contributed by atoms with Gasteiger partial charge in [0.15, 0.2) is 6.54 Å². The number of fused-ring (bicyclic) bond motifs is 1. The average Bonchev–Trinajstić information content (AvgIpc) is 2.79. The van der Waals surface area contributed by atoms with E-state index in [9.17, 15) is 9.59 Å². The minimum absolute atomic E-state index is 0.0156. The number of carbonyl (C=O) groups is 2. The van der Waals surface area contributed by atoms with Crippen LogP contribution in [0, 0.1) is 0 Å². The van der Waals surface area contributed by atoms with E-state index in [1.807, 2.05) is 59.5 Å². The molecule has 3 aromatic rings. The van der Waals surface area contributed by atoms with Gasteiger partial charge in [0, 0.05) is 11.1 Å². The molecule has 6 nitrogen and oxygen atoms in total. The van der Waals surface area contributed by atoms with Crippen molar-refractivity contribution < 1.29 is 14.5 Å². The molecule has 2 amide bonds. The Morgan fingerprint density at radius 3 is 2.53 bits per heavy atom. The summed E-state index contributed by atoms with van der Waals surface area (Å²) < 4.78 is 0. The number of nitrogens with zero attached hydrogens (tertiary/aromatic N) is 2. The van der Waals surface area contributed by atoms with Crippen LogP contribution in [-0.2, 0) is 11.2 Å². The number of quaternary nitrogens is 1. The quantitative estimate of drug-likeness (QED) is 0.683. The third kappa shape index (κ3) is 4.49. The number of amides is 2. The summed E-state index contributed by atoms with van der Waals surface area (Å²) in [7, 11) is 0. The van der Waals surface area contributed by atoms with E-state index in [-0.39, 0.29) is 11.8 Å². The average molecular weight is 404 g/mol. The molecule has 4 rings (SSSR count). The van der Waals surface area contributed by atoms with Crippen LogP contribution in [-0.4, -0.2) is 54.4 Å². The highest BCUT2D eigenvalue weighted by molar-refractivity contribution is 5.95. The summed E-state index contributed by atoms with van der Waals surface area (Å²) >= 11 is 0. The normalized spacial score (nSPS) is 14.6. The van der Waals surface area contributed by atoms with E-state index in [1.54, 1.807) is 6.07 Å². The number of carbonyl (C=O) groups excluding carboxylic acids is 2. The molecule has 6 heteroatoms. The summed E-state index contributed by atoms with van der Waals surface area (Å²) in [6.45, 7) is 5.25. The Bertz CT molecular complexity index is 1060. The van der Waals surface area contributed by atoms with Gasteiger partial charge >= 0.3 is 0 Å². The van der Waals surface area contributed by atoms with E-state index in [0.29, 0.717) is 25.3 Å². The maximum Gasteiger partial charge on any atom is 0.279 e. The van der Waals surface area contributed by atoms with Crippen molar-refractivity contribution in [2.45, 2.75) is 13.3 Å². The first-order valence-electron chi connectivity index (χ1n) is 10.5. The van der Waals surface area contributed by atoms with E-state index < -0.39 is 0 Å². The summed E-state index contributed by atoms with van der Waals surface area (Å²) in [5, 5.41) is 4.06. The first kappa shape index (κ1) is 20.0. The highest BCUT2D eigenvalue weighted by atomic mass is 16.2. The van der Waals surface area contributed by atoms with Gasteiger partial charge in [-0.2, -0.15) is 0 Å². The minimum Gasteiger partial charge on any atom is -0.326 e. The summed E-state index contributed by atoms with van der Waals surface area (Å²) in [6, 6.07) is 19.4. The van der Waals surface area contributed by atoms with Crippen molar-refractivity contribution in [2.24, 2.45) is 0 Å². The third-order valence-electron chi connectivity index (χ3n) is 5.66. The van der Waals surface area contributed by atoms with Gasteiger partial charge in [-0.05, 0) is 30.2 Å². The van der Waals surface area contributed by atoms with Gasteiger partial charge in [0.05, 0.1) is 31.7 Å². The molecule has 154 valence electrons. The zero-order valence-corrected chi connectivity index (χ0v) is 17.2. The second-order valence-electron chi connectivity index (χ2n) is 7.67. The van der Waals surface area contributed by atoms with E-state index in [2.05, 4.69) is 17.2 Å². The van der Waals surface area contributed by atoms with Crippen molar-refractivity contribution in [3.05, 3.63) is 71.9 Å². The van der Waals surface area contributed by atoms with Gasteiger partial charge in [0.25, 0.3) is 11.8 Å². The fourth-order valence-corrected chi connectivity index (χ4v) is 3.92. The maximum absolute atomic E-state index is 12.9. The smallest absolute Gasteiger partial charge is 0.279 e. The summed E-state index contributed by atoms with van der Waals surface area (Å²) in [6.07, 6.45) is 0.882. The van der Waals surface area contributed by atoms with Crippen LogP contribution in [0.2, 0.25) is 0 Å². The molecule has 0 aliphatic carbocycles. The van der Waals surface area contributed by atoms with Crippen LogP contribution in [0.5, 0.6) is 0 Å². The lowest BCUT2D eigenvalue weighted by atomic mass is 10.1. The third-order valence-corrected chi connectivity index (χ3v) is 5.66. The first-order chi connectivity index (χ1) is 14.6. The molecule has 1 aliphatic rings. The van der Waals surface area contributed by atoms with E-state index in [4.69, 9.17) is 0 Å². The molecule has 2 aromatic carbocycles. The molecular weight excluding hydrogens is 376 g/mol. The molecule has 0 saturated carbocycles. The summed E-state index contributed by atoms with van der Waals surface area (Å²) in [5.74, 6) is -0.0250. The summed E-state index contributed by atoms with van der Waals surface area (Å²) in [4.78, 5) is 32.9. The molecule has 0 bridgehead atoms. The number of para-hydroxylation sites is 2. The topological polar surface area (TPSA) is 66.7 Å². The van der Waals surface area contributed by atoms with Crippen molar-refractivity contribution in [1.29, 1.82) is 0 Å². The molecule has 1 aromatic heterocycles. The minimum atomic E-state index is -0.0406. The number of benzene rings is 2. The van der Waals surface area contributed by atoms with Gasteiger partial charge in [-0.3, -0.25) is 9.59 Å². The molecular formula is C24H27N4O2+. The van der Waals surface area contributed by atoms with Gasteiger partial charge in [-0.15, -0.1) is 0 Å². The van der Waals surface area contributed by atoms with Crippen molar-refractivity contribution >= 4 is 28.4 Å². The number of hydrogen-bond donors (Lipinski definition) is 2. The summed E-state index contributed by atoms with van der Waals surface area (Å²) in [5.41, 5.74) is 3.34. The molecule has 0 radical (unpaired) electrons. The number of piperazine rings is 1. The lowest BCUT2D eigenvalue weighted by molar-refractivity contribution is -0.895. The predicted octanol–water partition coefficient (Wildman–Crippen LogP) is 1.78. The molecule has 1 aliphatic heterocycles. The fraction of sp³-hybridized carbons (Fsp3) is 0.292. The number of rotatable bonds is 5. The van der Waals surface area contributed by atoms with Crippen molar-refractivity contribution in [1.82, 2.24) is 9.88 Å². The van der Waals surface area contributed by atoms with Crippen LogP contribution < -0.4 is 10.2 Å². The SMILES string of the molecule is CCc1ccccc1NC(=O)C[NH+]1CCN(C(=O)c2ccc3ccccc3n2)CC1. The highest BCUT2D eigenvalue weighted by Crippen LogP contribution is 2.15. The second kappa shape index (κ2) is 9.05. The number of aryl methyl sites for hydroxylation is 1. The molecule has 1 saturated heterocycles. The molecule has 30 heavy (non-hydrogen) atoms. The Hall–Kier alpha value is -3.25. The first-order valence-corrected chi connectivity index (χ1v) is 10.5. The standard InChI is InChI=1S/C24H26N4O2/c1-2-18-7-3-5-9-20(18)26-23(29)17-27-13-15-28(16-14-27)24(30)22-12-11-19-8-4-6-10-21(19)25-22/h3-12H,2,13-17H2,1H3,(H,26,29)/p+1. The molecule has 0 atom stereocenters. The van der Waals surface area contributed by atoms with Gasteiger partial charge in [0.1, 0.15) is 5.69 Å². The van der Waals surface area contributed by atoms with Gasteiger partial charge in [0.2, 0.25) is 0 Å². The van der Waals surface area contributed by atoms with E-state index in [0.717, 1.165) is 41.7 Å². The number of hydrogen-bond acceptors (Lipinski definition) is 3. The van der Waals surface area contributed by atoms with E-state index >= 15 is 0 Å². The number of nitrogens with one attached hydrogen (secondary N) is 2. The Morgan fingerprint density at radius 2 is 1.73 bits per heavy atom. The number of pyridine rings is 1. The Kier molecular flexibility index (Phi) is 6.05. The van der Waals surface area contributed by atoms with E-state index in [1.165, 1.54) is 4.90 Å². The monoisotopic (exact) mass is 403 g/mol. The molecule has 0 unspecified atom stereocenters. The van der Waals surface area contributed by atoms with Crippen LogP contribution in [0.4, 0.5) is 5.69 Å². The van der Waals surface area contributed by atoms with Crippen molar-refractivity contribution in [3.63, 3.8) is 0 Å². The van der Waals surface area contributed by atoms with Crippen molar-refractivity contribution in [3.8, 4) is 0 Å². The number of aromatic nitrogens is 1. The highest BCUT2D eigenvalue weighted by Gasteiger charge is 2.26. The van der Waals surface area contributed by atoms with Gasteiger partial charge in [-0.1, -0.05) is 49.4 Å².